The molecule has 1 aliphatic rings. The van der Waals surface area contributed by atoms with Gasteiger partial charge in [-0.3, -0.25) is 9.69 Å². The predicted octanol–water partition coefficient (Wildman–Crippen LogP) is 4.62. The molecule has 17 heteroatoms. The molecule has 252 valence electrons. The van der Waals surface area contributed by atoms with Crippen molar-refractivity contribution >= 4 is 29.5 Å². The summed E-state index contributed by atoms with van der Waals surface area (Å²) in [7, 11) is 0. The molecule has 1 atom stereocenters. The van der Waals surface area contributed by atoms with Crippen LogP contribution in [-0.4, -0.2) is 93.5 Å². The van der Waals surface area contributed by atoms with E-state index in [1.165, 1.54) is 5.56 Å². The minimum absolute atomic E-state index is 0.0893. The summed E-state index contributed by atoms with van der Waals surface area (Å²) in [6, 6.07) is 15.4. The van der Waals surface area contributed by atoms with E-state index in [1.54, 1.807) is 31.2 Å². The number of rotatable bonds is 10. The predicted molar refractivity (Wildman–Crippen MR) is 149 cm³/mol. The number of aliphatic carboxylic acids is 3. The third-order valence-electron chi connectivity index (χ3n) is 6.02. The number of nitrogens with one attached hydrogen (secondary N) is 1. The molecule has 5 N–H and O–H groups in total. The number of alkyl halides is 6. The average Bonchev–Trinajstić information content (AvgIpc) is 2.93. The van der Waals surface area contributed by atoms with Crippen LogP contribution in [-0.2, 0) is 27.3 Å². The van der Waals surface area contributed by atoms with Crippen molar-refractivity contribution in [3.8, 4) is 5.75 Å². The second kappa shape index (κ2) is 17.8. The molecule has 1 fully saturated rings. The molecule has 1 saturated heterocycles. The maximum absolute atomic E-state index is 11.0. The van der Waals surface area contributed by atoms with Crippen molar-refractivity contribution in [2.75, 3.05) is 26.2 Å². The molecule has 0 aliphatic carbocycles. The number of benzene rings is 2. The highest BCUT2D eigenvalue weighted by atomic mass is 35.5. The van der Waals surface area contributed by atoms with Crippen molar-refractivity contribution < 1.29 is 65.9 Å². The smallest absolute Gasteiger partial charge is 0.490 e. The fourth-order valence-electron chi connectivity index (χ4n) is 3.75. The van der Waals surface area contributed by atoms with Crippen LogP contribution in [0.2, 0.25) is 5.02 Å². The van der Waals surface area contributed by atoms with Gasteiger partial charge in [0, 0.05) is 29.7 Å². The Bertz CT molecular complexity index is 1210. The quantitative estimate of drug-likeness (QED) is 0.226. The van der Waals surface area contributed by atoms with Crippen molar-refractivity contribution in [3.05, 3.63) is 64.7 Å². The molecule has 45 heavy (non-hydrogen) atoms. The molecule has 10 nitrogen and oxygen atoms in total. The van der Waals surface area contributed by atoms with E-state index in [0.717, 1.165) is 37.5 Å². The molecule has 2 aromatic rings. The number of likely N-dealkylation sites (tertiary alicyclic amines) is 1. The Morgan fingerprint density at radius 2 is 1.40 bits per heavy atom. The van der Waals surface area contributed by atoms with Gasteiger partial charge in [-0.15, -0.1) is 0 Å². The molecule has 1 heterocycles. The fourth-order valence-corrected chi connectivity index (χ4v) is 3.87. The molecule has 0 radical (unpaired) electrons. The number of nitrogens with zero attached hydrogens (tertiary/aromatic N) is 1. The van der Waals surface area contributed by atoms with Gasteiger partial charge < -0.3 is 30.5 Å². The molecule has 0 bridgehead atoms. The van der Waals surface area contributed by atoms with Gasteiger partial charge in [0.1, 0.15) is 18.0 Å². The van der Waals surface area contributed by atoms with E-state index < -0.39 is 35.9 Å². The van der Waals surface area contributed by atoms with Crippen LogP contribution in [0, 0.1) is 0 Å². The zero-order valence-electron chi connectivity index (χ0n) is 23.9. The lowest BCUT2D eigenvalue weighted by Crippen LogP contribution is -2.49. The van der Waals surface area contributed by atoms with Crippen LogP contribution < -0.4 is 10.1 Å². The van der Waals surface area contributed by atoms with E-state index in [4.69, 9.17) is 41.2 Å². The first kappa shape index (κ1) is 39.4. The van der Waals surface area contributed by atoms with E-state index in [0.29, 0.717) is 23.9 Å². The minimum atomic E-state index is -5.08. The molecule has 0 spiro atoms. The van der Waals surface area contributed by atoms with Crippen molar-refractivity contribution in [1.29, 1.82) is 0 Å². The summed E-state index contributed by atoms with van der Waals surface area (Å²) in [6.07, 6.45) is -8.23. The summed E-state index contributed by atoms with van der Waals surface area (Å²) in [6.45, 7) is 5.16. The third-order valence-corrected chi connectivity index (χ3v) is 6.27. The van der Waals surface area contributed by atoms with Crippen LogP contribution in [0.5, 0.6) is 5.75 Å². The third kappa shape index (κ3) is 16.9. The van der Waals surface area contributed by atoms with Crippen molar-refractivity contribution in [2.24, 2.45) is 0 Å². The molecule has 0 unspecified atom stereocenters. The molecule has 3 rings (SSSR count). The highest BCUT2D eigenvalue weighted by Gasteiger charge is 2.39. The zero-order valence-corrected chi connectivity index (χ0v) is 24.6. The first-order valence-corrected chi connectivity index (χ1v) is 13.5. The molecule has 1 aliphatic heterocycles. The van der Waals surface area contributed by atoms with Gasteiger partial charge in [-0.25, -0.2) is 9.59 Å². The summed E-state index contributed by atoms with van der Waals surface area (Å²) in [5.74, 6) is -5.92. The van der Waals surface area contributed by atoms with Crippen LogP contribution in [0.3, 0.4) is 0 Å². The molecule has 0 saturated carbocycles. The highest BCUT2D eigenvalue weighted by molar-refractivity contribution is 6.30. The second-order valence-corrected chi connectivity index (χ2v) is 10.6. The lowest BCUT2D eigenvalue weighted by molar-refractivity contribution is -0.193. The Labute approximate surface area is 259 Å². The van der Waals surface area contributed by atoms with Crippen LogP contribution >= 0.6 is 11.6 Å². The molecular weight excluding hydrogens is 642 g/mol. The number of ether oxygens (including phenoxy) is 1. The largest absolute Gasteiger partial charge is 0.490 e. The Morgan fingerprint density at radius 1 is 0.911 bits per heavy atom. The summed E-state index contributed by atoms with van der Waals surface area (Å²) in [4.78, 5) is 31.2. The maximum Gasteiger partial charge on any atom is 0.490 e. The maximum atomic E-state index is 11.0. The summed E-state index contributed by atoms with van der Waals surface area (Å²) >= 11 is 5.96. The van der Waals surface area contributed by atoms with Crippen molar-refractivity contribution in [3.63, 3.8) is 0 Å². The van der Waals surface area contributed by atoms with Crippen LogP contribution in [0.25, 0.3) is 0 Å². The van der Waals surface area contributed by atoms with Crippen LogP contribution in [0.15, 0.2) is 48.5 Å². The van der Waals surface area contributed by atoms with Gasteiger partial charge in [-0.2, -0.15) is 26.3 Å². The lowest BCUT2D eigenvalue weighted by Gasteiger charge is -2.34. The van der Waals surface area contributed by atoms with Crippen molar-refractivity contribution in [2.45, 2.75) is 56.7 Å². The lowest BCUT2D eigenvalue weighted by atomic mass is 10.0. The van der Waals surface area contributed by atoms with E-state index in [9.17, 15) is 36.2 Å². The standard InChI is InChI=1S/C24H31ClN2O4.2C2HF3O2/c1-24(30,17-31-22-5-3-2-4-19(22)14-23(28)29)16-26-21-10-12-27(13-11-21)15-18-6-8-20(25)9-7-18;2*3-2(4,5)1(6)7/h2-9,21,26,30H,10-17H2,1H3,(H,28,29);2*(H,6,7)/t24-;;/m0../s1. The number of hydrogen-bond acceptors (Lipinski definition) is 7. The van der Waals surface area contributed by atoms with Gasteiger partial charge in [0.15, 0.2) is 0 Å². The Balaban J connectivity index is 0.000000601. The number of aliphatic hydroxyl groups is 1. The number of carboxylic acids is 3. The summed E-state index contributed by atoms with van der Waals surface area (Å²) in [5.41, 5.74) is 0.808. The molecule has 0 amide bonds. The summed E-state index contributed by atoms with van der Waals surface area (Å²) in [5, 5.41) is 38.2. The number of carbonyl (C=O) groups is 3. The average molecular weight is 675 g/mol. The zero-order chi connectivity index (χ0) is 34.4. The Morgan fingerprint density at radius 3 is 1.87 bits per heavy atom. The normalized spacial score (nSPS) is 15.4. The van der Waals surface area contributed by atoms with Gasteiger partial charge in [-0.1, -0.05) is 41.9 Å². The topological polar surface area (TPSA) is 157 Å². The fraction of sp³-hybridized carbons (Fsp3) is 0.464. The minimum Gasteiger partial charge on any atom is -0.490 e. The van der Waals surface area contributed by atoms with Gasteiger partial charge in [0.05, 0.1) is 6.42 Å². The van der Waals surface area contributed by atoms with Crippen molar-refractivity contribution in [1.82, 2.24) is 10.2 Å². The van der Waals surface area contributed by atoms with Gasteiger partial charge >= 0.3 is 30.3 Å². The van der Waals surface area contributed by atoms with E-state index in [2.05, 4.69) is 22.3 Å². The highest BCUT2D eigenvalue weighted by Crippen LogP contribution is 2.21. The SMILES string of the molecule is C[C@](O)(CNC1CCN(Cc2ccc(Cl)cc2)CC1)COc1ccccc1CC(=O)O.O=C(O)C(F)(F)F.O=C(O)C(F)(F)F. The van der Waals surface area contributed by atoms with E-state index in [1.807, 2.05) is 12.1 Å². The monoisotopic (exact) mass is 674 g/mol. The number of halogens is 7. The number of piperidine rings is 1. The first-order chi connectivity index (χ1) is 20.7. The van der Waals surface area contributed by atoms with E-state index in [-0.39, 0.29) is 13.0 Å². The van der Waals surface area contributed by atoms with Gasteiger partial charge in [0.25, 0.3) is 0 Å². The Kier molecular flexibility index (Phi) is 15.6. The molecule has 0 aromatic heterocycles. The Hall–Kier alpha value is -3.60. The van der Waals surface area contributed by atoms with Crippen LogP contribution in [0.1, 0.15) is 30.9 Å². The molecular formula is C28H33ClF6N2O8. The van der Waals surface area contributed by atoms with Gasteiger partial charge in [0.2, 0.25) is 0 Å². The molecule has 2 aromatic carbocycles. The number of hydrogen-bond donors (Lipinski definition) is 5. The van der Waals surface area contributed by atoms with Gasteiger partial charge in [-0.05, 0) is 56.6 Å². The number of carboxylic acid groups (broad SMARTS) is 3. The number of para-hydroxylation sites is 1. The summed E-state index contributed by atoms with van der Waals surface area (Å²) < 4.78 is 69.2. The first-order valence-electron chi connectivity index (χ1n) is 13.1. The second-order valence-electron chi connectivity index (χ2n) is 10.1. The van der Waals surface area contributed by atoms with Crippen LogP contribution in [0.4, 0.5) is 26.3 Å². The van der Waals surface area contributed by atoms with E-state index >= 15 is 0 Å².